The van der Waals surface area contributed by atoms with Gasteiger partial charge in [-0.05, 0) is 115 Å². The van der Waals surface area contributed by atoms with Crippen molar-refractivity contribution in [1.82, 2.24) is 4.98 Å². The Morgan fingerprint density at radius 1 is 0.328 bits per heavy atom. The second-order valence-electron chi connectivity index (χ2n) is 14.7. The van der Waals surface area contributed by atoms with Crippen LogP contribution in [0.3, 0.4) is 0 Å². The Morgan fingerprint density at radius 3 is 1.45 bits per heavy atom. The molecule has 1 heterocycles. The highest BCUT2D eigenvalue weighted by atomic mass is 16.3. The van der Waals surface area contributed by atoms with Gasteiger partial charge in [0.05, 0.1) is 0 Å². The maximum atomic E-state index is 6.46. The second kappa shape index (κ2) is 14.1. The van der Waals surface area contributed by atoms with Crippen molar-refractivity contribution >= 4 is 60.5 Å². The number of benzene rings is 10. The van der Waals surface area contributed by atoms with Crippen LogP contribution in [0.15, 0.2) is 223 Å². The summed E-state index contributed by atoms with van der Waals surface area (Å²) in [5, 5.41) is 7.26. The average molecular weight is 741 g/mol. The topological polar surface area (TPSA) is 29.3 Å². The summed E-state index contributed by atoms with van der Waals surface area (Å²) < 4.78 is 6.46. The summed E-state index contributed by atoms with van der Waals surface area (Å²) >= 11 is 0. The van der Waals surface area contributed by atoms with Gasteiger partial charge in [-0.2, -0.15) is 0 Å². The Labute approximate surface area is 336 Å². The maximum Gasteiger partial charge on any atom is 0.227 e. The Bertz CT molecular complexity index is 3240. The van der Waals surface area contributed by atoms with E-state index in [1.807, 2.05) is 30.3 Å². The number of rotatable bonds is 7. The quantitative estimate of drug-likeness (QED) is 0.152. The van der Waals surface area contributed by atoms with Crippen molar-refractivity contribution in [1.29, 1.82) is 0 Å². The molecule has 0 bridgehead atoms. The van der Waals surface area contributed by atoms with Crippen LogP contribution in [0, 0.1) is 0 Å². The number of fused-ring (bicyclic) bond motifs is 6. The molecule has 10 aromatic carbocycles. The van der Waals surface area contributed by atoms with E-state index in [1.54, 1.807) is 0 Å². The summed E-state index contributed by atoms with van der Waals surface area (Å²) in [5.74, 6) is 0.629. The predicted molar refractivity (Wildman–Crippen MR) is 243 cm³/mol. The first-order chi connectivity index (χ1) is 28.7. The summed E-state index contributed by atoms with van der Waals surface area (Å²) in [5.41, 5.74) is 12.8. The van der Waals surface area contributed by atoms with Crippen LogP contribution in [0.2, 0.25) is 0 Å². The molecule has 11 rings (SSSR count). The minimum absolute atomic E-state index is 0.629. The Kier molecular flexibility index (Phi) is 8.15. The summed E-state index contributed by atoms with van der Waals surface area (Å²) in [6.07, 6.45) is 0. The minimum Gasteiger partial charge on any atom is -0.435 e. The van der Waals surface area contributed by atoms with Crippen LogP contribution in [-0.2, 0) is 0 Å². The highest BCUT2D eigenvalue weighted by molar-refractivity contribution is 6.14. The molecule has 272 valence electrons. The summed E-state index contributed by atoms with van der Waals surface area (Å²) in [4.78, 5) is 7.36. The molecule has 3 heteroatoms. The van der Waals surface area contributed by atoms with E-state index in [1.165, 1.54) is 32.7 Å². The monoisotopic (exact) mass is 740 g/mol. The summed E-state index contributed by atoms with van der Waals surface area (Å²) in [6, 6.07) is 77.6. The fourth-order valence-corrected chi connectivity index (χ4v) is 8.42. The number of nitrogens with zero attached hydrogens (tertiary/aromatic N) is 2. The van der Waals surface area contributed by atoms with E-state index in [0.29, 0.717) is 5.89 Å². The fraction of sp³-hybridized carbons (Fsp3) is 0. The molecule has 0 amide bonds. The number of para-hydroxylation sites is 1. The third kappa shape index (κ3) is 5.89. The fourth-order valence-electron chi connectivity index (χ4n) is 8.42. The van der Waals surface area contributed by atoms with Gasteiger partial charge in [-0.15, -0.1) is 0 Å². The van der Waals surface area contributed by atoms with Gasteiger partial charge in [-0.3, -0.25) is 0 Å². The van der Waals surface area contributed by atoms with Crippen LogP contribution in [-0.4, -0.2) is 4.98 Å². The van der Waals surface area contributed by atoms with Gasteiger partial charge in [0.2, 0.25) is 5.89 Å². The summed E-state index contributed by atoms with van der Waals surface area (Å²) in [7, 11) is 0. The lowest BCUT2D eigenvalue weighted by molar-refractivity contribution is 0.623. The Balaban J connectivity index is 0.923. The van der Waals surface area contributed by atoms with Gasteiger partial charge >= 0.3 is 0 Å². The molecular formula is C55H36N2O. The zero-order valence-corrected chi connectivity index (χ0v) is 31.6. The predicted octanol–water partition coefficient (Wildman–Crippen LogP) is 15.4. The smallest absolute Gasteiger partial charge is 0.227 e. The lowest BCUT2D eigenvalue weighted by Gasteiger charge is -2.26. The first-order valence-corrected chi connectivity index (χ1v) is 19.7. The number of oxazole rings is 1. The van der Waals surface area contributed by atoms with Crippen LogP contribution in [0.4, 0.5) is 17.1 Å². The van der Waals surface area contributed by atoms with Crippen LogP contribution in [0.1, 0.15) is 0 Å². The Hall–Kier alpha value is -7.75. The van der Waals surface area contributed by atoms with Crippen molar-refractivity contribution in [3.8, 4) is 44.8 Å². The Morgan fingerprint density at radius 2 is 0.776 bits per heavy atom. The highest BCUT2D eigenvalue weighted by Crippen LogP contribution is 2.41. The van der Waals surface area contributed by atoms with Crippen molar-refractivity contribution in [2.24, 2.45) is 0 Å². The molecular weight excluding hydrogens is 705 g/mol. The number of aromatic nitrogens is 1. The number of hydrogen-bond donors (Lipinski definition) is 0. The molecule has 0 saturated heterocycles. The van der Waals surface area contributed by atoms with E-state index in [-0.39, 0.29) is 0 Å². The first-order valence-electron chi connectivity index (χ1n) is 19.7. The van der Waals surface area contributed by atoms with Gasteiger partial charge in [0.15, 0.2) is 5.58 Å². The van der Waals surface area contributed by atoms with E-state index in [9.17, 15) is 0 Å². The normalized spacial score (nSPS) is 11.4. The molecule has 58 heavy (non-hydrogen) atoms. The van der Waals surface area contributed by atoms with Crippen molar-refractivity contribution < 1.29 is 4.42 Å². The van der Waals surface area contributed by atoms with Crippen molar-refractivity contribution in [2.75, 3.05) is 4.90 Å². The first kappa shape index (κ1) is 33.6. The van der Waals surface area contributed by atoms with Crippen LogP contribution in [0.5, 0.6) is 0 Å². The second-order valence-corrected chi connectivity index (χ2v) is 14.7. The molecule has 0 spiro atoms. The van der Waals surface area contributed by atoms with E-state index < -0.39 is 0 Å². The molecule has 1 aromatic heterocycles. The molecule has 0 atom stereocenters. The van der Waals surface area contributed by atoms with Crippen molar-refractivity contribution in [3.05, 3.63) is 218 Å². The molecule has 0 aliphatic heterocycles. The maximum absolute atomic E-state index is 6.46. The van der Waals surface area contributed by atoms with Crippen LogP contribution in [0.25, 0.3) is 88.3 Å². The zero-order chi connectivity index (χ0) is 38.4. The van der Waals surface area contributed by atoms with Crippen molar-refractivity contribution in [2.45, 2.75) is 0 Å². The van der Waals surface area contributed by atoms with E-state index in [4.69, 9.17) is 9.40 Å². The van der Waals surface area contributed by atoms with Gasteiger partial charge < -0.3 is 9.32 Å². The van der Waals surface area contributed by atoms with Crippen LogP contribution >= 0.6 is 0 Å². The largest absolute Gasteiger partial charge is 0.435 e. The third-order valence-electron chi connectivity index (χ3n) is 11.3. The van der Waals surface area contributed by atoms with E-state index in [0.717, 1.165) is 66.8 Å². The van der Waals surface area contributed by atoms with Gasteiger partial charge in [-0.25, -0.2) is 4.98 Å². The third-order valence-corrected chi connectivity index (χ3v) is 11.3. The lowest BCUT2D eigenvalue weighted by atomic mass is 9.93. The molecule has 0 N–H and O–H groups in total. The number of hydrogen-bond acceptors (Lipinski definition) is 3. The molecule has 0 aliphatic carbocycles. The lowest BCUT2D eigenvalue weighted by Crippen LogP contribution is -2.09. The van der Waals surface area contributed by atoms with Crippen molar-refractivity contribution in [3.63, 3.8) is 0 Å². The zero-order valence-electron chi connectivity index (χ0n) is 31.6. The van der Waals surface area contributed by atoms with Gasteiger partial charge in [0.25, 0.3) is 0 Å². The van der Waals surface area contributed by atoms with Crippen LogP contribution < -0.4 is 4.90 Å². The molecule has 0 fully saturated rings. The minimum atomic E-state index is 0.629. The van der Waals surface area contributed by atoms with E-state index >= 15 is 0 Å². The van der Waals surface area contributed by atoms with Gasteiger partial charge in [-0.1, -0.05) is 158 Å². The average Bonchev–Trinajstić information content (AvgIpc) is 3.76. The molecule has 0 unspecified atom stereocenters. The standard InChI is InChI=1S/C55H36N2O/c1-3-13-41(14-4-1)55-56-53-52(36-43-16-8-10-20-48(43)54(53)58-55)40-25-23-37(24-26-40)38-27-31-45(32-28-38)57(44-17-5-2-6-18-44)46-33-29-39(30-34-46)51-35-42-15-7-9-19-47(42)49-21-11-12-22-50(49)51/h1-36H. The van der Waals surface area contributed by atoms with E-state index in [2.05, 4.69) is 193 Å². The summed E-state index contributed by atoms with van der Waals surface area (Å²) in [6.45, 7) is 0. The molecule has 11 aromatic rings. The molecule has 0 radical (unpaired) electrons. The SMILES string of the molecule is c1ccc(-c2nc3c(-c4ccc(-c5ccc(N(c6ccccc6)c6ccc(-c7cc8ccccc8c8ccccc78)cc6)cc5)cc4)cc4ccccc4c3o2)cc1. The highest BCUT2D eigenvalue weighted by Gasteiger charge is 2.18. The number of anilines is 3. The molecule has 0 saturated carbocycles. The molecule has 0 aliphatic rings. The molecule has 3 nitrogen and oxygen atoms in total. The van der Waals surface area contributed by atoms with Gasteiger partial charge in [0, 0.05) is 33.6 Å². The van der Waals surface area contributed by atoms with Gasteiger partial charge in [0.1, 0.15) is 5.52 Å².